The summed E-state index contributed by atoms with van der Waals surface area (Å²) in [6.07, 6.45) is 3.67. The van der Waals surface area contributed by atoms with Gasteiger partial charge < -0.3 is 9.84 Å². The Morgan fingerprint density at radius 3 is 2.44 bits per heavy atom. The molecule has 1 aromatic heterocycles. The molecule has 1 aliphatic rings. The molecule has 0 saturated carbocycles. The number of nitrogens with one attached hydrogen (secondary N) is 1. The molecule has 3 aromatic rings. The van der Waals surface area contributed by atoms with Gasteiger partial charge in [-0.1, -0.05) is 41.1 Å². The quantitative estimate of drug-likeness (QED) is 0.551. The number of anilines is 1. The summed E-state index contributed by atoms with van der Waals surface area (Å²) in [4.78, 5) is 12.6. The highest BCUT2D eigenvalue weighted by atomic mass is 32.2. The van der Waals surface area contributed by atoms with E-state index < -0.39 is 15.8 Å². The fourth-order valence-corrected chi connectivity index (χ4v) is 5.66. The minimum atomic E-state index is -3.91. The number of halogens is 1. The van der Waals surface area contributed by atoms with E-state index in [2.05, 4.69) is 10.5 Å². The number of piperidine rings is 1. The summed E-state index contributed by atoms with van der Waals surface area (Å²) in [6, 6.07) is 13.7. The third-order valence-corrected chi connectivity index (χ3v) is 7.95. The monoisotopic (exact) mass is 483 g/mol. The highest BCUT2D eigenvalue weighted by Gasteiger charge is 2.36. The van der Waals surface area contributed by atoms with E-state index in [1.165, 1.54) is 22.5 Å². The van der Waals surface area contributed by atoms with Gasteiger partial charge in [-0.05, 0) is 57.0 Å². The van der Waals surface area contributed by atoms with Crippen LogP contribution in [0.25, 0.3) is 12.2 Å². The van der Waals surface area contributed by atoms with Crippen molar-refractivity contribution in [3.8, 4) is 0 Å². The first-order valence-electron chi connectivity index (χ1n) is 11.0. The van der Waals surface area contributed by atoms with E-state index >= 15 is 0 Å². The molecule has 2 heterocycles. The van der Waals surface area contributed by atoms with E-state index in [-0.39, 0.29) is 41.3 Å². The van der Waals surface area contributed by atoms with Crippen molar-refractivity contribution in [2.24, 2.45) is 5.92 Å². The van der Waals surface area contributed by atoms with Crippen LogP contribution in [0.5, 0.6) is 0 Å². The molecule has 178 valence electrons. The van der Waals surface area contributed by atoms with Crippen molar-refractivity contribution >= 4 is 33.8 Å². The van der Waals surface area contributed by atoms with Crippen molar-refractivity contribution in [2.75, 3.05) is 18.4 Å². The molecule has 34 heavy (non-hydrogen) atoms. The summed E-state index contributed by atoms with van der Waals surface area (Å²) in [5.41, 5.74) is 2.36. The zero-order valence-corrected chi connectivity index (χ0v) is 19.8. The van der Waals surface area contributed by atoms with Gasteiger partial charge in [-0.15, -0.1) is 0 Å². The number of hydrogen-bond acceptors (Lipinski definition) is 5. The Morgan fingerprint density at radius 2 is 1.76 bits per heavy atom. The second kappa shape index (κ2) is 9.90. The molecule has 1 fully saturated rings. The Balaban J connectivity index is 1.45. The topological polar surface area (TPSA) is 92.5 Å². The maximum absolute atomic E-state index is 13.9. The first-order chi connectivity index (χ1) is 16.3. The molecule has 9 heteroatoms. The Bertz CT molecular complexity index is 1310. The van der Waals surface area contributed by atoms with Gasteiger partial charge in [0.2, 0.25) is 15.9 Å². The summed E-state index contributed by atoms with van der Waals surface area (Å²) in [5, 5.41) is 6.72. The largest absolute Gasteiger partial charge is 0.355 e. The molecule has 0 aliphatic carbocycles. The van der Waals surface area contributed by atoms with Crippen LogP contribution in [0.3, 0.4) is 0 Å². The SMILES string of the molecule is Cc1ccc(NC(=O)C2CCN(S(=O)(=O)c3c(C)noc3C=Cc3ccccc3F)CC2)cc1. The predicted molar refractivity (Wildman–Crippen MR) is 128 cm³/mol. The molecule has 0 spiro atoms. The Morgan fingerprint density at radius 1 is 1.09 bits per heavy atom. The summed E-state index contributed by atoms with van der Waals surface area (Å²) in [7, 11) is -3.91. The van der Waals surface area contributed by atoms with E-state index in [4.69, 9.17) is 4.52 Å². The molecule has 4 rings (SSSR count). The Labute approximate surface area is 198 Å². The normalized spacial score (nSPS) is 15.6. The van der Waals surface area contributed by atoms with Crippen molar-refractivity contribution in [1.29, 1.82) is 0 Å². The number of amides is 1. The van der Waals surface area contributed by atoms with Crippen LogP contribution in [0.1, 0.15) is 35.4 Å². The standard InChI is InChI=1S/C25H26FN3O4S/c1-17-7-10-21(11-8-17)27-25(30)20-13-15-29(16-14-20)34(31,32)24-18(2)28-33-23(24)12-9-19-5-3-4-6-22(19)26/h3-12,20H,13-16H2,1-2H3,(H,27,30). The molecule has 0 atom stereocenters. The number of sulfonamides is 1. The fourth-order valence-electron chi connectivity index (χ4n) is 3.94. The number of hydrogen-bond donors (Lipinski definition) is 1. The van der Waals surface area contributed by atoms with E-state index in [1.54, 1.807) is 25.1 Å². The third kappa shape index (κ3) is 5.10. The van der Waals surface area contributed by atoms with Crippen molar-refractivity contribution < 1.29 is 22.1 Å². The van der Waals surface area contributed by atoms with Crippen LogP contribution >= 0.6 is 0 Å². The summed E-state index contributed by atoms with van der Waals surface area (Å²) in [6.45, 7) is 3.93. The summed E-state index contributed by atoms with van der Waals surface area (Å²) < 4.78 is 47.3. The average molecular weight is 484 g/mol. The fraction of sp³-hybridized carbons (Fsp3) is 0.280. The lowest BCUT2D eigenvalue weighted by Gasteiger charge is -2.30. The molecule has 1 amide bonds. The minimum Gasteiger partial charge on any atom is -0.355 e. The average Bonchev–Trinajstić information content (AvgIpc) is 3.21. The molecule has 1 saturated heterocycles. The molecule has 1 aliphatic heterocycles. The van der Waals surface area contributed by atoms with Gasteiger partial charge in [0.25, 0.3) is 0 Å². The summed E-state index contributed by atoms with van der Waals surface area (Å²) in [5.74, 6) is -0.780. The number of nitrogens with zero attached hydrogens (tertiary/aromatic N) is 2. The molecule has 2 aromatic carbocycles. The second-order valence-corrected chi connectivity index (χ2v) is 10.2. The zero-order chi connectivity index (χ0) is 24.3. The van der Waals surface area contributed by atoms with Crippen LogP contribution < -0.4 is 5.32 Å². The van der Waals surface area contributed by atoms with E-state index in [9.17, 15) is 17.6 Å². The van der Waals surface area contributed by atoms with Crippen LogP contribution in [-0.4, -0.2) is 36.9 Å². The van der Waals surface area contributed by atoms with Gasteiger partial charge in [-0.2, -0.15) is 4.31 Å². The molecule has 7 nitrogen and oxygen atoms in total. The van der Waals surface area contributed by atoms with E-state index in [0.717, 1.165) is 11.3 Å². The minimum absolute atomic E-state index is 0.0392. The maximum Gasteiger partial charge on any atom is 0.248 e. The van der Waals surface area contributed by atoms with Crippen LogP contribution in [-0.2, 0) is 14.8 Å². The van der Waals surface area contributed by atoms with Crippen molar-refractivity contribution in [3.63, 3.8) is 0 Å². The maximum atomic E-state index is 13.9. The number of carbonyl (C=O) groups is 1. The predicted octanol–water partition coefficient (Wildman–Crippen LogP) is 4.64. The lowest BCUT2D eigenvalue weighted by Crippen LogP contribution is -2.41. The van der Waals surface area contributed by atoms with Gasteiger partial charge in [0.05, 0.1) is 0 Å². The van der Waals surface area contributed by atoms with Gasteiger partial charge in [0.1, 0.15) is 11.5 Å². The lowest BCUT2D eigenvalue weighted by molar-refractivity contribution is -0.120. The van der Waals surface area contributed by atoms with Gasteiger partial charge in [0.15, 0.2) is 10.7 Å². The third-order valence-electron chi connectivity index (χ3n) is 5.89. The molecule has 0 radical (unpaired) electrons. The number of carbonyl (C=O) groups excluding carboxylic acids is 1. The first kappa shape index (κ1) is 23.8. The highest BCUT2D eigenvalue weighted by molar-refractivity contribution is 7.89. The van der Waals surface area contributed by atoms with Gasteiger partial charge in [0, 0.05) is 30.3 Å². The first-order valence-corrected chi connectivity index (χ1v) is 12.5. The lowest BCUT2D eigenvalue weighted by atomic mass is 9.97. The number of rotatable bonds is 6. The number of aromatic nitrogens is 1. The molecular formula is C25H26FN3O4S. The Hall–Kier alpha value is -3.30. The molecular weight excluding hydrogens is 457 g/mol. The van der Waals surface area contributed by atoms with Gasteiger partial charge in [-0.3, -0.25) is 4.79 Å². The van der Waals surface area contributed by atoms with Crippen LogP contribution in [0, 0.1) is 25.6 Å². The highest BCUT2D eigenvalue weighted by Crippen LogP contribution is 2.29. The second-order valence-electron chi connectivity index (χ2n) is 8.35. The smallest absolute Gasteiger partial charge is 0.248 e. The number of aryl methyl sites for hydroxylation is 2. The zero-order valence-electron chi connectivity index (χ0n) is 19.0. The van der Waals surface area contributed by atoms with Crippen molar-refractivity contribution in [2.45, 2.75) is 31.6 Å². The summed E-state index contributed by atoms with van der Waals surface area (Å²) >= 11 is 0. The van der Waals surface area contributed by atoms with Crippen LogP contribution in [0.4, 0.5) is 10.1 Å². The van der Waals surface area contributed by atoms with E-state index in [1.807, 2.05) is 31.2 Å². The molecule has 0 unspecified atom stereocenters. The number of benzene rings is 2. The van der Waals surface area contributed by atoms with Crippen LogP contribution in [0.2, 0.25) is 0 Å². The molecule has 1 N–H and O–H groups in total. The van der Waals surface area contributed by atoms with Gasteiger partial charge in [-0.25, -0.2) is 12.8 Å². The van der Waals surface area contributed by atoms with Crippen LogP contribution in [0.15, 0.2) is 57.9 Å². The molecule has 0 bridgehead atoms. The van der Waals surface area contributed by atoms with Crippen molar-refractivity contribution in [3.05, 3.63) is 76.9 Å². The van der Waals surface area contributed by atoms with Crippen molar-refractivity contribution in [1.82, 2.24) is 9.46 Å². The Kier molecular flexibility index (Phi) is 6.95. The van der Waals surface area contributed by atoms with Gasteiger partial charge >= 0.3 is 0 Å². The van der Waals surface area contributed by atoms with E-state index in [0.29, 0.717) is 18.4 Å².